The maximum absolute atomic E-state index is 3.36. The van der Waals surface area contributed by atoms with Gasteiger partial charge in [-0.2, -0.15) is 0 Å². The van der Waals surface area contributed by atoms with Crippen LogP contribution in [0.5, 0.6) is 0 Å². The summed E-state index contributed by atoms with van der Waals surface area (Å²) in [5, 5.41) is 0. The summed E-state index contributed by atoms with van der Waals surface area (Å²) in [5.41, 5.74) is 0.758. The molecule has 0 aromatic heterocycles. The van der Waals surface area contributed by atoms with Gasteiger partial charge >= 0.3 is 0 Å². The van der Waals surface area contributed by atoms with Crippen molar-refractivity contribution in [3.8, 4) is 0 Å². The molecule has 0 radical (unpaired) electrons. The summed E-state index contributed by atoms with van der Waals surface area (Å²) in [5.74, 6) is 0. The van der Waals surface area contributed by atoms with E-state index in [9.17, 15) is 0 Å². The van der Waals surface area contributed by atoms with Crippen LogP contribution in [0.3, 0.4) is 0 Å². The molecule has 0 aromatic rings. The minimum absolute atomic E-state index is 0.336. The van der Waals surface area contributed by atoms with Gasteiger partial charge in [0.1, 0.15) is 0 Å². The third-order valence-corrected chi connectivity index (χ3v) is 2.69. The first-order valence-corrected chi connectivity index (χ1v) is 10.4. The van der Waals surface area contributed by atoms with Gasteiger partial charge in [0.15, 0.2) is 0 Å². The molecule has 152 valence electrons. The Bertz CT molecular complexity index is 199. The molecule has 0 saturated heterocycles. The number of allylic oxidation sites excluding steroid dienone is 1. The lowest BCUT2D eigenvalue weighted by molar-refractivity contribution is 0.0823. The maximum atomic E-state index is 3.36. The van der Waals surface area contributed by atoms with Gasteiger partial charge in [-0.1, -0.05) is 88.7 Å². The zero-order valence-corrected chi connectivity index (χ0v) is 20.3. The average Bonchev–Trinajstić information content (AvgIpc) is 2.48. The van der Waals surface area contributed by atoms with Crippen molar-refractivity contribution in [1.29, 1.82) is 0 Å². The SMILES string of the molecule is C=CC.CC.CC.CCC.CCCN(CC)C(C)(C)CC(C)(C)C. The van der Waals surface area contributed by atoms with Crippen LogP contribution in [0.2, 0.25) is 0 Å². The molecule has 0 unspecified atom stereocenters. The van der Waals surface area contributed by atoms with E-state index in [0.717, 1.165) is 6.54 Å². The van der Waals surface area contributed by atoms with Gasteiger partial charge in [0.2, 0.25) is 0 Å². The Balaban J connectivity index is -0.000000100. The van der Waals surface area contributed by atoms with Gasteiger partial charge in [-0.25, -0.2) is 0 Å². The fourth-order valence-electron chi connectivity index (χ4n) is 2.57. The monoisotopic (exact) mass is 345 g/mol. The first kappa shape index (κ1) is 34.9. The third-order valence-electron chi connectivity index (χ3n) is 2.69. The summed E-state index contributed by atoms with van der Waals surface area (Å²) in [6.07, 6.45) is 5.51. The van der Waals surface area contributed by atoms with Crippen LogP contribution < -0.4 is 0 Å². The first-order chi connectivity index (χ1) is 11.1. The average molecular weight is 346 g/mol. The highest BCUT2D eigenvalue weighted by Gasteiger charge is 2.29. The second kappa shape index (κ2) is 24.9. The van der Waals surface area contributed by atoms with E-state index in [-0.39, 0.29) is 0 Å². The predicted molar refractivity (Wildman–Crippen MR) is 120 cm³/mol. The molecule has 0 bridgehead atoms. The quantitative estimate of drug-likeness (QED) is 0.451. The lowest BCUT2D eigenvalue weighted by Crippen LogP contribution is -2.46. The maximum Gasteiger partial charge on any atom is 0.0158 e. The second-order valence-electron chi connectivity index (χ2n) is 7.24. The minimum Gasteiger partial charge on any atom is -0.298 e. The molecule has 0 aliphatic carbocycles. The van der Waals surface area contributed by atoms with Crippen LogP contribution in [-0.2, 0) is 0 Å². The molecule has 0 rings (SSSR count). The van der Waals surface area contributed by atoms with Crippen molar-refractivity contribution >= 4 is 0 Å². The zero-order valence-electron chi connectivity index (χ0n) is 20.3. The molecular formula is C23H55N. The van der Waals surface area contributed by atoms with Gasteiger partial charge in [-0.05, 0) is 52.1 Å². The number of hydrogen-bond donors (Lipinski definition) is 0. The molecule has 0 aliphatic heterocycles. The van der Waals surface area contributed by atoms with Gasteiger partial charge in [0.25, 0.3) is 0 Å². The van der Waals surface area contributed by atoms with Gasteiger partial charge in [-0.3, -0.25) is 4.90 Å². The Morgan fingerprint density at radius 3 is 1.29 bits per heavy atom. The van der Waals surface area contributed by atoms with Gasteiger partial charge < -0.3 is 0 Å². The van der Waals surface area contributed by atoms with Crippen LogP contribution >= 0.6 is 0 Å². The van der Waals surface area contributed by atoms with E-state index in [0.29, 0.717) is 11.0 Å². The highest BCUT2D eigenvalue weighted by Crippen LogP contribution is 2.31. The molecule has 1 nitrogen and oxygen atoms in total. The van der Waals surface area contributed by atoms with Crippen molar-refractivity contribution in [2.45, 2.75) is 122 Å². The molecule has 0 heterocycles. The standard InChI is InChI=1S/C13H29N.C3H8.C3H6.2C2H6/c1-8-10-14(9-2)13(6,7)11-12(3,4)5;2*1-3-2;2*1-2/h8-11H2,1-7H3;3H2,1-2H3;3H,1H2,2H3;2*1-2H3. The van der Waals surface area contributed by atoms with Crippen molar-refractivity contribution < 1.29 is 0 Å². The Kier molecular flexibility index (Phi) is 36.3. The summed E-state index contributed by atoms with van der Waals surface area (Å²) in [6.45, 7) is 36.1. The second-order valence-corrected chi connectivity index (χ2v) is 7.24. The van der Waals surface area contributed by atoms with Crippen LogP contribution in [0, 0.1) is 5.41 Å². The summed E-state index contributed by atoms with van der Waals surface area (Å²) in [7, 11) is 0. The van der Waals surface area contributed by atoms with E-state index in [4.69, 9.17) is 0 Å². The number of nitrogens with zero attached hydrogens (tertiary/aromatic N) is 1. The largest absolute Gasteiger partial charge is 0.298 e. The third kappa shape index (κ3) is 33.3. The molecule has 0 fully saturated rings. The zero-order chi connectivity index (χ0) is 20.8. The Morgan fingerprint density at radius 1 is 0.833 bits per heavy atom. The molecule has 0 spiro atoms. The van der Waals surface area contributed by atoms with E-state index >= 15 is 0 Å². The van der Waals surface area contributed by atoms with Crippen LogP contribution in [0.25, 0.3) is 0 Å². The van der Waals surface area contributed by atoms with E-state index in [1.54, 1.807) is 6.08 Å². The Morgan fingerprint density at radius 2 is 1.12 bits per heavy atom. The lowest BCUT2D eigenvalue weighted by atomic mass is 9.80. The van der Waals surface area contributed by atoms with Crippen molar-refractivity contribution in [3.05, 3.63) is 12.7 Å². The van der Waals surface area contributed by atoms with Gasteiger partial charge in [-0.15, -0.1) is 6.58 Å². The molecule has 0 aliphatic rings. The summed E-state index contributed by atoms with van der Waals surface area (Å²) < 4.78 is 0. The fourth-order valence-corrected chi connectivity index (χ4v) is 2.57. The molecule has 0 N–H and O–H groups in total. The van der Waals surface area contributed by atoms with E-state index in [2.05, 4.69) is 73.8 Å². The molecule has 0 atom stereocenters. The normalized spacial score (nSPS) is 9.79. The molecule has 1 heteroatoms. The van der Waals surface area contributed by atoms with Crippen LogP contribution in [0.1, 0.15) is 116 Å². The van der Waals surface area contributed by atoms with Crippen LogP contribution in [0.15, 0.2) is 12.7 Å². The summed E-state index contributed by atoms with van der Waals surface area (Å²) >= 11 is 0. The highest BCUT2D eigenvalue weighted by atomic mass is 15.2. The summed E-state index contributed by atoms with van der Waals surface area (Å²) in [4.78, 5) is 2.60. The minimum atomic E-state index is 0.336. The molecular weight excluding hydrogens is 290 g/mol. The summed E-state index contributed by atoms with van der Waals surface area (Å²) in [6, 6.07) is 0. The van der Waals surface area contributed by atoms with E-state index in [1.165, 1.54) is 25.8 Å². The molecule has 0 saturated carbocycles. The first-order valence-electron chi connectivity index (χ1n) is 10.4. The van der Waals surface area contributed by atoms with Gasteiger partial charge in [0.05, 0.1) is 0 Å². The van der Waals surface area contributed by atoms with E-state index in [1.807, 2.05) is 34.6 Å². The van der Waals surface area contributed by atoms with Crippen molar-refractivity contribution in [1.82, 2.24) is 4.90 Å². The smallest absolute Gasteiger partial charge is 0.0158 e. The molecule has 0 amide bonds. The van der Waals surface area contributed by atoms with Crippen LogP contribution in [0.4, 0.5) is 0 Å². The van der Waals surface area contributed by atoms with Crippen molar-refractivity contribution in [2.24, 2.45) is 5.41 Å². The van der Waals surface area contributed by atoms with Crippen molar-refractivity contribution in [2.75, 3.05) is 13.1 Å². The topological polar surface area (TPSA) is 3.24 Å². The number of rotatable bonds is 5. The van der Waals surface area contributed by atoms with Crippen LogP contribution in [-0.4, -0.2) is 23.5 Å². The number of hydrogen-bond acceptors (Lipinski definition) is 1. The van der Waals surface area contributed by atoms with Crippen molar-refractivity contribution in [3.63, 3.8) is 0 Å². The predicted octanol–water partition coefficient (Wildman–Crippen LogP) is 8.59. The van der Waals surface area contributed by atoms with E-state index < -0.39 is 0 Å². The lowest BCUT2D eigenvalue weighted by Gasteiger charge is -2.42. The Hall–Kier alpha value is -0.300. The molecule has 0 aromatic carbocycles. The molecule has 24 heavy (non-hydrogen) atoms. The van der Waals surface area contributed by atoms with Gasteiger partial charge in [0, 0.05) is 5.54 Å². The highest BCUT2D eigenvalue weighted by molar-refractivity contribution is 4.85. The fraction of sp³-hybridized carbons (Fsp3) is 0.913. The Labute approximate surface area is 158 Å².